The third-order valence-electron chi connectivity index (χ3n) is 3.19. The first-order chi connectivity index (χ1) is 8.53. The van der Waals surface area contributed by atoms with Crippen LogP contribution in [0.5, 0.6) is 0 Å². The number of hydrogen-bond donors (Lipinski definition) is 0. The average molecular weight is 267 g/mol. The maximum atomic E-state index is 12.5. The Bertz CT molecular complexity index is 551. The minimum absolute atomic E-state index is 0.236. The fourth-order valence-electron chi connectivity index (χ4n) is 2.18. The lowest BCUT2D eigenvalue weighted by Crippen LogP contribution is -2.36. The first kappa shape index (κ1) is 13.1. The lowest BCUT2D eigenvalue weighted by atomic mass is 10.2. The van der Waals surface area contributed by atoms with Crippen LogP contribution in [0.1, 0.15) is 31.2 Å². The lowest BCUT2D eigenvalue weighted by molar-refractivity contribution is -0.126. The van der Waals surface area contributed by atoms with Crippen LogP contribution in [0.25, 0.3) is 0 Å². The molecule has 0 spiro atoms. The Morgan fingerprint density at radius 2 is 1.83 bits per heavy atom. The van der Waals surface area contributed by atoms with E-state index in [9.17, 15) is 13.2 Å². The van der Waals surface area contributed by atoms with Crippen LogP contribution in [0.15, 0.2) is 29.2 Å². The number of hydrogen-bond acceptors (Lipinski definition) is 3. The van der Waals surface area contributed by atoms with Gasteiger partial charge in [-0.3, -0.25) is 4.79 Å². The van der Waals surface area contributed by atoms with Gasteiger partial charge in [0.2, 0.25) is 5.91 Å². The molecule has 0 radical (unpaired) electrons. The number of benzene rings is 1. The summed E-state index contributed by atoms with van der Waals surface area (Å²) in [4.78, 5) is 12.1. The van der Waals surface area contributed by atoms with Gasteiger partial charge in [-0.2, -0.15) is 0 Å². The van der Waals surface area contributed by atoms with Crippen molar-refractivity contribution in [3.8, 4) is 0 Å². The third-order valence-corrected chi connectivity index (χ3v) is 5.17. The normalized spacial score (nSPS) is 17.6. The van der Waals surface area contributed by atoms with Crippen molar-refractivity contribution in [1.82, 2.24) is 4.31 Å². The molecule has 2 rings (SSSR count). The quantitative estimate of drug-likeness (QED) is 0.824. The second kappa shape index (κ2) is 5.10. The van der Waals surface area contributed by atoms with Crippen molar-refractivity contribution < 1.29 is 13.2 Å². The van der Waals surface area contributed by atoms with Gasteiger partial charge in [-0.25, -0.2) is 12.7 Å². The van der Waals surface area contributed by atoms with E-state index in [2.05, 4.69) is 0 Å². The molecule has 1 heterocycles. The van der Waals surface area contributed by atoms with Crippen LogP contribution in [0.4, 0.5) is 0 Å². The topological polar surface area (TPSA) is 54.5 Å². The molecule has 1 aromatic rings. The van der Waals surface area contributed by atoms with Crippen molar-refractivity contribution in [2.75, 3.05) is 6.54 Å². The Balaban J connectivity index is 2.42. The zero-order valence-electron chi connectivity index (χ0n) is 10.4. The zero-order valence-corrected chi connectivity index (χ0v) is 11.2. The first-order valence-corrected chi connectivity index (χ1v) is 7.58. The molecule has 0 unspecified atom stereocenters. The molecule has 0 atom stereocenters. The van der Waals surface area contributed by atoms with E-state index in [4.69, 9.17) is 0 Å². The van der Waals surface area contributed by atoms with Gasteiger partial charge in [0.05, 0.1) is 4.90 Å². The molecule has 0 aliphatic carbocycles. The van der Waals surface area contributed by atoms with Gasteiger partial charge in [0.15, 0.2) is 0 Å². The number of aryl methyl sites for hydroxylation is 1. The maximum absolute atomic E-state index is 12.5. The van der Waals surface area contributed by atoms with Crippen LogP contribution in [0.3, 0.4) is 0 Å². The predicted octanol–water partition coefficient (Wildman–Crippen LogP) is 2.09. The fraction of sp³-hybridized carbons (Fsp3) is 0.462. The molecule has 5 heteroatoms. The molecular weight excluding hydrogens is 250 g/mol. The summed E-state index contributed by atoms with van der Waals surface area (Å²) in [5.74, 6) is -0.282. The highest BCUT2D eigenvalue weighted by Crippen LogP contribution is 2.23. The number of carbonyl (C=O) groups is 1. The summed E-state index contributed by atoms with van der Waals surface area (Å²) in [6, 6.07) is 6.78. The Hall–Kier alpha value is -1.36. The van der Waals surface area contributed by atoms with Crippen molar-refractivity contribution in [3.05, 3.63) is 29.8 Å². The summed E-state index contributed by atoms with van der Waals surface area (Å²) in [7, 11) is -3.68. The number of carbonyl (C=O) groups excluding carboxylic acids is 1. The Labute approximate surface area is 108 Å². The molecule has 0 saturated carbocycles. The highest BCUT2D eigenvalue weighted by molar-refractivity contribution is 7.89. The molecule has 0 bridgehead atoms. The van der Waals surface area contributed by atoms with Gasteiger partial charge >= 0.3 is 0 Å². The number of sulfonamides is 1. The standard InChI is InChI=1S/C13H17NO3S/c1-11-7-4-5-8-12(11)18(16,17)14-10-6-2-3-9-13(14)15/h4-5,7-8H,2-3,6,9-10H2,1H3. The summed E-state index contributed by atoms with van der Waals surface area (Å²) in [5.41, 5.74) is 0.676. The Morgan fingerprint density at radius 3 is 2.56 bits per heavy atom. The Kier molecular flexibility index (Phi) is 3.71. The van der Waals surface area contributed by atoms with E-state index in [0.29, 0.717) is 18.5 Å². The third kappa shape index (κ3) is 2.41. The van der Waals surface area contributed by atoms with E-state index in [1.165, 1.54) is 0 Å². The maximum Gasteiger partial charge on any atom is 0.266 e. The molecular formula is C13H17NO3S. The first-order valence-electron chi connectivity index (χ1n) is 6.14. The summed E-state index contributed by atoms with van der Waals surface area (Å²) in [6.45, 7) is 2.05. The van der Waals surface area contributed by atoms with Gasteiger partial charge in [0.1, 0.15) is 0 Å². The van der Waals surface area contributed by atoms with Crippen molar-refractivity contribution in [2.24, 2.45) is 0 Å². The fourth-order valence-corrected chi connectivity index (χ4v) is 3.87. The summed E-state index contributed by atoms with van der Waals surface area (Å²) in [5, 5.41) is 0. The van der Waals surface area contributed by atoms with Gasteiger partial charge in [0.25, 0.3) is 10.0 Å². The van der Waals surface area contributed by atoms with E-state index in [1.807, 2.05) is 0 Å². The van der Waals surface area contributed by atoms with Crippen LogP contribution in [0.2, 0.25) is 0 Å². The molecule has 1 aliphatic rings. The van der Waals surface area contributed by atoms with E-state index in [-0.39, 0.29) is 10.8 Å². The number of rotatable bonds is 2. The van der Waals surface area contributed by atoms with Crippen LogP contribution in [0, 0.1) is 6.92 Å². The second-order valence-corrected chi connectivity index (χ2v) is 6.38. The van der Waals surface area contributed by atoms with Gasteiger partial charge in [-0.05, 0) is 31.4 Å². The molecule has 1 amide bonds. The summed E-state index contributed by atoms with van der Waals surface area (Å²) in [6.07, 6.45) is 2.76. The molecule has 1 aliphatic heterocycles. The number of amides is 1. The van der Waals surface area contributed by atoms with Gasteiger partial charge in [0, 0.05) is 13.0 Å². The van der Waals surface area contributed by atoms with Crippen molar-refractivity contribution >= 4 is 15.9 Å². The molecule has 4 nitrogen and oxygen atoms in total. The minimum atomic E-state index is -3.68. The van der Waals surface area contributed by atoms with Crippen LogP contribution < -0.4 is 0 Å². The smallest absolute Gasteiger partial charge is 0.266 e. The second-order valence-electron chi connectivity index (χ2n) is 4.55. The summed E-state index contributed by atoms with van der Waals surface area (Å²) < 4.78 is 26.0. The summed E-state index contributed by atoms with van der Waals surface area (Å²) >= 11 is 0. The molecule has 1 fully saturated rings. The monoisotopic (exact) mass is 267 g/mol. The highest BCUT2D eigenvalue weighted by Gasteiger charge is 2.30. The molecule has 1 saturated heterocycles. The SMILES string of the molecule is Cc1ccccc1S(=O)(=O)N1CCCCCC1=O. The molecule has 0 N–H and O–H groups in total. The van der Waals surface area contributed by atoms with Gasteiger partial charge < -0.3 is 0 Å². The van der Waals surface area contributed by atoms with E-state index < -0.39 is 10.0 Å². The lowest BCUT2D eigenvalue weighted by Gasteiger charge is -2.21. The highest BCUT2D eigenvalue weighted by atomic mass is 32.2. The average Bonchev–Trinajstić information content (AvgIpc) is 2.54. The zero-order chi connectivity index (χ0) is 13.2. The minimum Gasteiger partial charge on any atom is -0.274 e. The van der Waals surface area contributed by atoms with E-state index in [1.54, 1.807) is 31.2 Å². The van der Waals surface area contributed by atoms with Crippen LogP contribution in [-0.2, 0) is 14.8 Å². The largest absolute Gasteiger partial charge is 0.274 e. The van der Waals surface area contributed by atoms with Crippen LogP contribution >= 0.6 is 0 Å². The van der Waals surface area contributed by atoms with Gasteiger partial charge in [-0.1, -0.05) is 24.6 Å². The molecule has 1 aromatic carbocycles. The predicted molar refractivity (Wildman–Crippen MR) is 68.5 cm³/mol. The molecule has 98 valence electrons. The van der Waals surface area contributed by atoms with E-state index in [0.717, 1.165) is 23.6 Å². The van der Waals surface area contributed by atoms with Crippen molar-refractivity contribution in [3.63, 3.8) is 0 Å². The number of nitrogens with zero attached hydrogens (tertiary/aromatic N) is 1. The van der Waals surface area contributed by atoms with E-state index >= 15 is 0 Å². The van der Waals surface area contributed by atoms with Crippen molar-refractivity contribution in [1.29, 1.82) is 0 Å². The molecule has 18 heavy (non-hydrogen) atoms. The van der Waals surface area contributed by atoms with Gasteiger partial charge in [-0.15, -0.1) is 0 Å². The molecule has 0 aromatic heterocycles. The van der Waals surface area contributed by atoms with Crippen LogP contribution in [-0.4, -0.2) is 25.2 Å². The van der Waals surface area contributed by atoms with Crippen molar-refractivity contribution in [2.45, 2.75) is 37.5 Å². The Morgan fingerprint density at radius 1 is 1.11 bits per heavy atom.